The number of likely N-dealkylation sites (tertiary alicyclic amines) is 1. The predicted molar refractivity (Wildman–Crippen MR) is 72.4 cm³/mol. The quantitative estimate of drug-likeness (QED) is 0.774. The second-order valence-corrected chi connectivity index (χ2v) is 6.55. The van der Waals surface area contributed by atoms with Crippen molar-refractivity contribution in [3.05, 3.63) is 0 Å². The molecular formula is C15H24N2O2. The van der Waals surface area contributed by atoms with Crippen LogP contribution < -0.4 is 0 Å². The van der Waals surface area contributed by atoms with E-state index in [0.29, 0.717) is 19.0 Å². The first-order valence-electron chi connectivity index (χ1n) is 7.69. The van der Waals surface area contributed by atoms with Crippen molar-refractivity contribution < 1.29 is 9.59 Å². The summed E-state index contributed by atoms with van der Waals surface area (Å²) in [5.74, 6) is 1.01. The predicted octanol–water partition coefficient (Wildman–Crippen LogP) is 1.65. The molecule has 0 radical (unpaired) electrons. The molecule has 0 spiro atoms. The fraction of sp³-hybridized carbons (Fsp3) is 0.867. The standard InChI is InChI=1S/C15H24N2O2/c1-16(9-11-6-7-11)15(19)12-8-14(18)17(10-12)13-4-2-3-5-13/h11-13H,2-10H2,1H3. The maximum absolute atomic E-state index is 12.4. The summed E-state index contributed by atoms with van der Waals surface area (Å²) >= 11 is 0. The Balaban J connectivity index is 1.56. The molecule has 4 nitrogen and oxygen atoms in total. The molecule has 1 unspecified atom stereocenters. The Labute approximate surface area is 115 Å². The molecule has 2 saturated carbocycles. The van der Waals surface area contributed by atoms with Gasteiger partial charge >= 0.3 is 0 Å². The summed E-state index contributed by atoms with van der Waals surface area (Å²) in [7, 11) is 1.89. The van der Waals surface area contributed by atoms with Gasteiger partial charge in [-0.15, -0.1) is 0 Å². The van der Waals surface area contributed by atoms with Crippen molar-refractivity contribution >= 4 is 11.8 Å². The van der Waals surface area contributed by atoms with Crippen molar-refractivity contribution in [1.29, 1.82) is 0 Å². The van der Waals surface area contributed by atoms with Crippen LogP contribution >= 0.6 is 0 Å². The third kappa shape index (κ3) is 2.77. The van der Waals surface area contributed by atoms with E-state index in [4.69, 9.17) is 0 Å². The Morgan fingerprint density at radius 2 is 1.95 bits per heavy atom. The van der Waals surface area contributed by atoms with Gasteiger partial charge in [0.2, 0.25) is 11.8 Å². The van der Waals surface area contributed by atoms with Gasteiger partial charge in [-0.05, 0) is 31.6 Å². The van der Waals surface area contributed by atoms with Crippen molar-refractivity contribution in [3.8, 4) is 0 Å². The number of hydrogen-bond acceptors (Lipinski definition) is 2. The highest BCUT2D eigenvalue weighted by Gasteiger charge is 2.40. The molecule has 0 aromatic carbocycles. The molecule has 106 valence electrons. The molecular weight excluding hydrogens is 240 g/mol. The molecule has 1 aliphatic heterocycles. The molecule has 1 heterocycles. The Hall–Kier alpha value is -1.06. The van der Waals surface area contributed by atoms with Crippen LogP contribution in [0.1, 0.15) is 44.9 Å². The van der Waals surface area contributed by atoms with Crippen LogP contribution in [0.4, 0.5) is 0 Å². The van der Waals surface area contributed by atoms with Crippen molar-refractivity contribution in [2.45, 2.75) is 51.0 Å². The molecule has 3 fully saturated rings. The third-order valence-electron chi connectivity index (χ3n) is 4.88. The fourth-order valence-electron chi connectivity index (χ4n) is 3.56. The smallest absolute Gasteiger partial charge is 0.227 e. The van der Waals surface area contributed by atoms with Crippen LogP contribution in [0.25, 0.3) is 0 Å². The average molecular weight is 264 g/mol. The molecule has 4 heteroatoms. The van der Waals surface area contributed by atoms with E-state index < -0.39 is 0 Å². The van der Waals surface area contributed by atoms with Crippen LogP contribution in [0.5, 0.6) is 0 Å². The topological polar surface area (TPSA) is 40.6 Å². The summed E-state index contributed by atoms with van der Waals surface area (Å²) in [6, 6.07) is 0.416. The zero-order chi connectivity index (χ0) is 13.4. The van der Waals surface area contributed by atoms with Crippen molar-refractivity contribution in [2.24, 2.45) is 11.8 Å². The van der Waals surface area contributed by atoms with Crippen LogP contribution in [0.15, 0.2) is 0 Å². The number of hydrogen-bond donors (Lipinski definition) is 0. The van der Waals surface area contributed by atoms with E-state index in [1.165, 1.54) is 25.7 Å². The van der Waals surface area contributed by atoms with Crippen LogP contribution in [0, 0.1) is 11.8 Å². The summed E-state index contributed by atoms with van der Waals surface area (Å²) < 4.78 is 0. The maximum atomic E-state index is 12.4. The van der Waals surface area contributed by atoms with Crippen LogP contribution in [-0.4, -0.2) is 47.8 Å². The molecule has 3 aliphatic rings. The van der Waals surface area contributed by atoms with E-state index in [0.717, 1.165) is 25.3 Å². The lowest BCUT2D eigenvalue weighted by molar-refractivity contribution is -0.134. The highest BCUT2D eigenvalue weighted by molar-refractivity contribution is 5.89. The Bertz CT molecular complexity index is 372. The van der Waals surface area contributed by atoms with E-state index in [1.54, 1.807) is 0 Å². The van der Waals surface area contributed by atoms with E-state index in [1.807, 2.05) is 16.8 Å². The van der Waals surface area contributed by atoms with Gasteiger partial charge in [-0.3, -0.25) is 9.59 Å². The van der Waals surface area contributed by atoms with Gasteiger partial charge in [0.05, 0.1) is 5.92 Å². The van der Waals surface area contributed by atoms with Crippen LogP contribution in [0.2, 0.25) is 0 Å². The molecule has 0 aromatic rings. The number of carbonyl (C=O) groups excluding carboxylic acids is 2. The van der Waals surface area contributed by atoms with Gasteiger partial charge in [0, 0.05) is 32.6 Å². The lowest BCUT2D eigenvalue weighted by atomic mass is 10.1. The molecule has 2 aliphatic carbocycles. The zero-order valence-corrected chi connectivity index (χ0v) is 11.8. The SMILES string of the molecule is CN(CC1CC1)C(=O)C1CC(=O)N(C2CCCC2)C1. The third-order valence-corrected chi connectivity index (χ3v) is 4.88. The minimum absolute atomic E-state index is 0.0863. The van der Waals surface area contributed by atoms with E-state index in [-0.39, 0.29) is 17.7 Å². The summed E-state index contributed by atoms with van der Waals surface area (Å²) in [4.78, 5) is 28.3. The minimum Gasteiger partial charge on any atom is -0.345 e. The van der Waals surface area contributed by atoms with E-state index in [2.05, 4.69) is 0 Å². The summed E-state index contributed by atoms with van der Waals surface area (Å²) in [6.45, 7) is 1.55. The molecule has 0 aromatic heterocycles. The summed E-state index contributed by atoms with van der Waals surface area (Å²) in [5, 5.41) is 0. The van der Waals surface area contributed by atoms with Gasteiger partial charge in [-0.2, -0.15) is 0 Å². The molecule has 1 atom stereocenters. The van der Waals surface area contributed by atoms with Gasteiger partial charge in [-0.25, -0.2) is 0 Å². The molecule has 3 rings (SSSR count). The van der Waals surface area contributed by atoms with Crippen molar-refractivity contribution in [1.82, 2.24) is 9.80 Å². The molecule has 1 saturated heterocycles. The highest BCUT2D eigenvalue weighted by atomic mass is 16.2. The second kappa shape index (κ2) is 5.14. The Morgan fingerprint density at radius 3 is 2.58 bits per heavy atom. The Kier molecular flexibility index (Phi) is 3.50. The number of nitrogens with zero attached hydrogens (tertiary/aromatic N) is 2. The summed E-state index contributed by atoms with van der Waals surface area (Å²) in [5.41, 5.74) is 0. The first kappa shape index (κ1) is 12.9. The molecule has 0 N–H and O–H groups in total. The minimum atomic E-state index is -0.0863. The maximum Gasteiger partial charge on any atom is 0.227 e. The van der Waals surface area contributed by atoms with Gasteiger partial charge in [-0.1, -0.05) is 12.8 Å². The molecule has 19 heavy (non-hydrogen) atoms. The number of rotatable bonds is 4. The molecule has 2 amide bonds. The monoisotopic (exact) mass is 264 g/mol. The van der Waals surface area contributed by atoms with Gasteiger partial charge in [0.1, 0.15) is 0 Å². The van der Waals surface area contributed by atoms with Crippen molar-refractivity contribution in [3.63, 3.8) is 0 Å². The lowest BCUT2D eigenvalue weighted by Gasteiger charge is -2.25. The first-order chi connectivity index (χ1) is 9.15. The lowest BCUT2D eigenvalue weighted by Crippen LogP contribution is -2.38. The Morgan fingerprint density at radius 1 is 1.26 bits per heavy atom. The van der Waals surface area contributed by atoms with Crippen LogP contribution in [0.3, 0.4) is 0 Å². The summed E-state index contributed by atoms with van der Waals surface area (Å²) in [6.07, 6.45) is 7.67. The second-order valence-electron chi connectivity index (χ2n) is 6.55. The highest BCUT2D eigenvalue weighted by Crippen LogP contribution is 2.32. The molecule has 0 bridgehead atoms. The van der Waals surface area contributed by atoms with Crippen molar-refractivity contribution in [2.75, 3.05) is 20.1 Å². The average Bonchev–Trinajstić information content (AvgIpc) is 2.91. The number of amides is 2. The van der Waals surface area contributed by atoms with Gasteiger partial charge in [0.15, 0.2) is 0 Å². The van der Waals surface area contributed by atoms with Crippen LogP contribution in [-0.2, 0) is 9.59 Å². The van der Waals surface area contributed by atoms with E-state index in [9.17, 15) is 9.59 Å². The normalized spacial score (nSPS) is 28.2. The van der Waals surface area contributed by atoms with Gasteiger partial charge in [0.25, 0.3) is 0 Å². The first-order valence-corrected chi connectivity index (χ1v) is 7.69. The fourth-order valence-corrected chi connectivity index (χ4v) is 3.56. The number of carbonyl (C=O) groups is 2. The van der Waals surface area contributed by atoms with E-state index >= 15 is 0 Å². The largest absolute Gasteiger partial charge is 0.345 e. The van der Waals surface area contributed by atoms with Gasteiger partial charge < -0.3 is 9.80 Å². The zero-order valence-electron chi connectivity index (χ0n) is 11.8.